The van der Waals surface area contributed by atoms with E-state index in [9.17, 15) is 8.42 Å². The molecule has 0 aliphatic heterocycles. The molecule has 0 bridgehead atoms. The molecule has 3 rings (SSSR count). The van der Waals surface area contributed by atoms with Gasteiger partial charge in [0.2, 0.25) is 10.0 Å². The number of sulfonamides is 1. The summed E-state index contributed by atoms with van der Waals surface area (Å²) in [6.07, 6.45) is 0. The first-order valence-corrected chi connectivity index (χ1v) is 10.8. The molecule has 0 saturated heterocycles. The highest BCUT2D eigenvalue weighted by atomic mass is 32.2. The largest absolute Gasteiger partial charge is 0.241 e. The average Bonchev–Trinajstić information content (AvgIpc) is 3.21. The first kappa shape index (κ1) is 17.4. The highest BCUT2D eigenvalue weighted by molar-refractivity contribution is 7.89. The molecule has 0 spiro atoms. The molecule has 3 aromatic rings. The van der Waals surface area contributed by atoms with Crippen molar-refractivity contribution in [2.45, 2.75) is 31.7 Å². The van der Waals surface area contributed by atoms with E-state index in [0.717, 1.165) is 27.1 Å². The SMILES string of the molecule is Cc1cc(C)c(S(=O)(=O)N[C@@H](c2ccsc2)c2cccs2)cc1C. The van der Waals surface area contributed by atoms with E-state index in [1.54, 1.807) is 28.7 Å². The molecule has 3 nitrogen and oxygen atoms in total. The predicted octanol–water partition coefficient (Wildman–Crippen LogP) is 4.80. The molecule has 2 aromatic heterocycles. The van der Waals surface area contributed by atoms with Crippen LogP contribution in [-0.2, 0) is 10.0 Å². The summed E-state index contributed by atoms with van der Waals surface area (Å²) < 4.78 is 28.9. The Morgan fingerprint density at radius 3 is 2.38 bits per heavy atom. The van der Waals surface area contributed by atoms with Crippen molar-refractivity contribution >= 4 is 32.7 Å². The Labute approximate surface area is 151 Å². The van der Waals surface area contributed by atoms with Gasteiger partial charge in [-0.1, -0.05) is 12.1 Å². The Hall–Kier alpha value is -1.47. The molecule has 24 heavy (non-hydrogen) atoms. The van der Waals surface area contributed by atoms with E-state index >= 15 is 0 Å². The van der Waals surface area contributed by atoms with Crippen LogP contribution in [0.2, 0.25) is 0 Å². The molecule has 1 aromatic carbocycles. The van der Waals surface area contributed by atoms with E-state index in [-0.39, 0.29) is 6.04 Å². The second-order valence-corrected chi connectivity index (χ2v) is 9.27. The van der Waals surface area contributed by atoms with Crippen LogP contribution in [0.3, 0.4) is 0 Å². The van der Waals surface area contributed by atoms with Gasteiger partial charge in [-0.05, 0) is 77.4 Å². The fraction of sp³-hybridized carbons (Fsp3) is 0.222. The molecule has 0 aliphatic carbocycles. The summed E-state index contributed by atoms with van der Waals surface area (Å²) in [5.74, 6) is 0. The summed E-state index contributed by atoms with van der Waals surface area (Å²) >= 11 is 3.12. The molecule has 2 heterocycles. The lowest BCUT2D eigenvalue weighted by Crippen LogP contribution is -2.29. The van der Waals surface area contributed by atoms with Crippen LogP contribution in [0.4, 0.5) is 0 Å². The summed E-state index contributed by atoms with van der Waals surface area (Å²) in [5, 5.41) is 5.91. The number of hydrogen-bond acceptors (Lipinski definition) is 4. The Kier molecular flexibility index (Phi) is 4.92. The Balaban J connectivity index is 2.02. The number of aryl methyl sites for hydroxylation is 3. The second-order valence-electron chi connectivity index (χ2n) is 5.83. The van der Waals surface area contributed by atoms with Gasteiger partial charge >= 0.3 is 0 Å². The van der Waals surface area contributed by atoms with Crippen LogP contribution in [0.1, 0.15) is 33.2 Å². The van der Waals surface area contributed by atoms with Crippen molar-refractivity contribution in [3.8, 4) is 0 Å². The maximum absolute atomic E-state index is 13.0. The summed E-state index contributed by atoms with van der Waals surface area (Å²) in [4.78, 5) is 1.33. The maximum Gasteiger partial charge on any atom is 0.241 e. The van der Waals surface area contributed by atoms with Crippen LogP contribution in [-0.4, -0.2) is 8.42 Å². The lowest BCUT2D eigenvalue weighted by Gasteiger charge is -2.18. The number of benzene rings is 1. The summed E-state index contributed by atoms with van der Waals surface area (Å²) in [6, 6.07) is 9.19. The molecule has 0 aliphatic rings. The number of hydrogen-bond donors (Lipinski definition) is 1. The van der Waals surface area contributed by atoms with Crippen molar-refractivity contribution in [1.82, 2.24) is 4.72 Å². The molecule has 1 N–H and O–H groups in total. The third-order valence-corrected chi connectivity index (χ3v) is 7.26. The van der Waals surface area contributed by atoms with Crippen LogP contribution in [0.5, 0.6) is 0 Å². The Morgan fingerprint density at radius 1 is 1.00 bits per heavy atom. The number of rotatable bonds is 5. The number of thiophene rings is 2. The summed E-state index contributed by atoms with van der Waals surface area (Å²) in [5.41, 5.74) is 3.80. The van der Waals surface area contributed by atoms with Gasteiger partial charge in [-0.3, -0.25) is 0 Å². The Morgan fingerprint density at radius 2 is 1.75 bits per heavy atom. The summed E-state index contributed by atoms with van der Waals surface area (Å²) in [6.45, 7) is 5.77. The van der Waals surface area contributed by atoms with Crippen molar-refractivity contribution in [2.24, 2.45) is 0 Å². The first-order valence-electron chi connectivity index (χ1n) is 7.54. The summed E-state index contributed by atoms with van der Waals surface area (Å²) in [7, 11) is -3.62. The molecule has 0 saturated carbocycles. The fourth-order valence-electron chi connectivity index (χ4n) is 2.63. The molecule has 126 valence electrons. The molecule has 0 radical (unpaired) electrons. The van der Waals surface area contributed by atoms with Crippen molar-refractivity contribution in [3.63, 3.8) is 0 Å². The molecule has 6 heteroatoms. The van der Waals surface area contributed by atoms with E-state index < -0.39 is 10.0 Å². The van der Waals surface area contributed by atoms with E-state index in [4.69, 9.17) is 0 Å². The fourth-order valence-corrected chi connectivity index (χ4v) is 5.71. The van der Waals surface area contributed by atoms with Crippen LogP contribution in [0, 0.1) is 20.8 Å². The van der Waals surface area contributed by atoms with Gasteiger partial charge in [0.1, 0.15) is 0 Å². The molecule has 1 atom stereocenters. The monoisotopic (exact) mass is 377 g/mol. The average molecular weight is 378 g/mol. The van der Waals surface area contributed by atoms with E-state index in [1.807, 2.05) is 61.2 Å². The zero-order valence-electron chi connectivity index (χ0n) is 13.7. The van der Waals surface area contributed by atoms with Crippen molar-refractivity contribution in [2.75, 3.05) is 0 Å². The van der Waals surface area contributed by atoms with Crippen molar-refractivity contribution in [1.29, 1.82) is 0 Å². The highest BCUT2D eigenvalue weighted by Crippen LogP contribution is 2.30. The van der Waals surface area contributed by atoms with Gasteiger partial charge in [0.25, 0.3) is 0 Å². The van der Waals surface area contributed by atoms with Gasteiger partial charge in [0.15, 0.2) is 0 Å². The van der Waals surface area contributed by atoms with Crippen LogP contribution in [0.25, 0.3) is 0 Å². The minimum absolute atomic E-state index is 0.349. The molecule has 0 unspecified atom stereocenters. The topological polar surface area (TPSA) is 46.2 Å². The van der Waals surface area contributed by atoms with Gasteiger partial charge in [-0.15, -0.1) is 11.3 Å². The van der Waals surface area contributed by atoms with E-state index in [1.165, 1.54) is 0 Å². The van der Waals surface area contributed by atoms with Gasteiger partial charge in [-0.25, -0.2) is 8.42 Å². The third kappa shape index (κ3) is 3.47. The zero-order chi connectivity index (χ0) is 17.3. The quantitative estimate of drug-likeness (QED) is 0.694. The van der Waals surface area contributed by atoms with Crippen molar-refractivity contribution in [3.05, 3.63) is 73.6 Å². The van der Waals surface area contributed by atoms with Crippen molar-refractivity contribution < 1.29 is 8.42 Å². The zero-order valence-corrected chi connectivity index (χ0v) is 16.2. The first-order chi connectivity index (χ1) is 11.4. The number of nitrogens with one attached hydrogen (secondary N) is 1. The van der Waals surface area contributed by atoms with Gasteiger partial charge in [-0.2, -0.15) is 16.1 Å². The van der Waals surface area contributed by atoms with Crippen LogP contribution >= 0.6 is 22.7 Å². The third-order valence-electron chi connectivity index (χ3n) is 4.06. The Bertz CT molecular complexity index is 893. The molecule has 0 amide bonds. The molecule has 0 fully saturated rings. The second kappa shape index (κ2) is 6.80. The standard InChI is InChI=1S/C18H19NO2S3/c1-12-9-14(3)17(10-13(12)2)24(20,21)19-18(15-6-8-22-11-15)16-5-4-7-23-16/h4-11,18-19H,1-3H3/t18-/m0/s1. The van der Waals surface area contributed by atoms with E-state index in [2.05, 4.69) is 4.72 Å². The van der Waals surface area contributed by atoms with E-state index in [0.29, 0.717) is 4.90 Å². The smallest absolute Gasteiger partial charge is 0.207 e. The van der Waals surface area contributed by atoms with Crippen LogP contribution in [0.15, 0.2) is 51.4 Å². The predicted molar refractivity (Wildman–Crippen MR) is 101 cm³/mol. The minimum atomic E-state index is -3.62. The van der Waals surface area contributed by atoms with Gasteiger partial charge in [0.05, 0.1) is 10.9 Å². The minimum Gasteiger partial charge on any atom is -0.207 e. The normalized spacial score (nSPS) is 13.1. The lowest BCUT2D eigenvalue weighted by atomic mass is 10.1. The molecular weight excluding hydrogens is 358 g/mol. The lowest BCUT2D eigenvalue weighted by molar-refractivity contribution is 0.572. The van der Waals surface area contributed by atoms with Crippen LogP contribution < -0.4 is 4.72 Å². The molecular formula is C18H19NO2S3. The van der Waals surface area contributed by atoms with Gasteiger partial charge < -0.3 is 0 Å². The highest BCUT2D eigenvalue weighted by Gasteiger charge is 2.25. The van der Waals surface area contributed by atoms with Gasteiger partial charge in [0, 0.05) is 4.88 Å². The maximum atomic E-state index is 13.0.